The first-order valence-corrected chi connectivity index (χ1v) is 7.57. The van der Waals surface area contributed by atoms with Crippen molar-refractivity contribution in [1.82, 2.24) is 24.7 Å². The molecule has 1 amide bonds. The highest BCUT2D eigenvalue weighted by molar-refractivity contribution is 5.94. The van der Waals surface area contributed by atoms with Crippen LogP contribution in [0.3, 0.4) is 0 Å². The summed E-state index contributed by atoms with van der Waals surface area (Å²) in [4.78, 5) is 26.6. The van der Waals surface area contributed by atoms with Crippen LogP contribution in [0.15, 0.2) is 55.4 Å². The lowest BCUT2D eigenvalue weighted by Crippen LogP contribution is -2.52. The maximum Gasteiger partial charge on any atom is 0.231 e. The molecule has 0 spiro atoms. The monoisotopic (exact) mass is 321 g/mol. The summed E-state index contributed by atoms with van der Waals surface area (Å²) in [6, 6.07) is 11.3. The molecule has 1 N–H and O–H groups in total. The second-order valence-electron chi connectivity index (χ2n) is 5.53. The molecule has 2 aromatic heterocycles. The third kappa shape index (κ3) is 2.81. The van der Waals surface area contributed by atoms with Gasteiger partial charge < -0.3 is 10.2 Å². The van der Waals surface area contributed by atoms with Crippen molar-refractivity contribution in [2.45, 2.75) is 0 Å². The Kier molecular flexibility index (Phi) is 3.62. The average Bonchev–Trinajstić information content (AvgIpc) is 3.09. The molecule has 3 aromatic rings. The molecule has 1 aromatic carbocycles. The number of benzene rings is 1. The molecule has 0 unspecified atom stereocenters. The van der Waals surface area contributed by atoms with Gasteiger partial charge in [-0.25, -0.2) is 19.6 Å². The van der Waals surface area contributed by atoms with Gasteiger partial charge in [0.2, 0.25) is 5.91 Å². The molecule has 24 heavy (non-hydrogen) atoms. The molecule has 0 atom stereocenters. The zero-order valence-electron chi connectivity index (χ0n) is 12.8. The summed E-state index contributed by atoms with van der Waals surface area (Å²) in [5.41, 5.74) is 0.816. The summed E-state index contributed by atoms with van der Waals surface area (Å²) in [7, 11) is 0. The minimum atomic E-state index is -0.0463. The number of para-hydroxylation sites is 1. The first-order valence-electron chi connectivity index (χ1n) is 7.57. The van der Waals surface area contributed by atoms with E-state index in [1.54, 1.807) is 11.0 Å². The molecule has 1 aliphatic rings. The number of amides is 1. The SMILES string of the molecule is O=C(Nc1ccccc1)C1CN(c2cc(-n3cncn3)ncn2)C1. The quantitative estimate of drug-likeness (QED) is 0.775. The topological polar surface area (TPSA) is 88.8 Å². The smallest absolute Gasteiger partial charge is 0.231 e. The minimum Gasteiger partial charge on any atom is -0.355 e. The van der Waals surface area contributed by atoms with Gasteiger partial charge in [0.05, 0.1) is 5.92 Å². The van der Waals surface area contributed by atoms with Crippen LogP contribution in [0.1, 0.15) is 0 Å². The van der Waals surface area contributed by atoms with E-state index in [1.807, 2.05) is 41.3 Å². The predicted octanol–water partition coefficient (Wildman–Crippen LogP) is 1.13. The fourth-order valence-corrected chi connectivity index (χ4v) is 2.56. The van der Waals surface area contributed by atoms with Gasteiger partial charge in [0, 0.05) is 24.8 Å². The van der Waals surface area contributed by atoms with Crippen molar-refractivity contribution < 1.29 is 4.79 Å². The van der Waals surface area contributed by atoms with Crippen LogP contribution >= 0.6 is 0 Å². The summed E-state index contributed by atoms with van der Waals surface area (Å²) in [5, 5.41) is 6.98. The zero-order chi connectivity index (χ0) is 16.4. The van der Waals surface area contributed by atoms with Gasteiger partial charge in [0.1, 0.15) is 24.8 Å². The summed E-state index contributed by atoms with van der Waals surface area (Å²) >= 11 is 0. The van der Waals surface area contributed by atoms with Crippen molar-refractivity contribution in [2.24, 2.45) is 5.92 Å². The standard InChI is InChI=1S/C16H15N7O/c24-16(21-13-4-2-1-3-5-13)12-7-22(8-12)14-6-15(19-10-18-14)23-11-17-9-20-23/h1-6,9-12H,7-8H2,(H,21,24). The minimum absolute atomic E-state index is 0.0306. The van der Waals surface area contributed by atoms with E-state index < -0.39 is 0 Å². The van der Waals surface area contributed by atoms with Crippen molar-refractivity contribution >= 4 is 17.4 Å². The third-order valence-electron chi connectivity index (χ3n) is 3.91. The van der Waals surface area contributed by atoms with Gasteiger partial charge >= 0.3 is 0 Å². The van der Waals surface area contributed by atoms with Crippen molar-refractivity contribution in [3.05, 3.63) is 55.4 Å². The van der Waals surface area contributed by atoms with Crippen LogP contribution in [0, 0.1) is 5.92 Å². The number of nitrogens with zero attached hydrogens (tertiary/aromatic N) is 6. The van der Waals surface area contributed by atoms with Gasteiger partial charge in [0.25, 0.3) is 0 Å². The van der Waals surface area contributed by atoms with Crippen LogP contribution in [0.4, 0.5) is 11.5 Å². The number of aromatic nitrogens is 5. The highest BCUT2D eigenvalue weighted by Crippen LogP contribution is 2.24. The molecule has 3 heterocycles. The molecule has 1 aliphatic heterocycles. The molecule has 0 radical (unpaired) electrons. The first-order chi connectivity index (χ1) is 11.8. The van der Waals surface area contributed by atoms with Crippen LogP contribution in [0.5, 0.6) is 0 Å². The molecule has 4 rings (SSSR count). The molecule has 8 heteroatoms. The van der Waals surface area contributed by atoms with Crippen LogP contribution in [-0.4, -0.2) is 43.7 Å². The van der Waals surface area contributed by atoms with Crippen LogP contribution in [0.2, 0.25) is 0 Å². The van der Waals surface area contributed by atoms with Crippen molar-refractivity contribution in [3.8, 4) is 5.82 Å². The Labute approximate surface area is 138 Å². The Hall–Kier alpha value is -3.29. The number of rotatable bonds is 4. The van der Waals surface area contributed by atoms with Gasteiger partial charge in [-0.1, -0.05) is 18.2 Å². The van der Waals surface area contributed by atoms with E-state index in [4.69, 9.17) is 0 Å². The van der Waals surface area contributed by atoms with Gasteiger partial charge in [-0.05, 0) is 12.1 Å². The van der Waals surface area contributed by atoms with Crippen LogP contribution in [-0.2, 0) is 4.79 Å². The molecule has 0 saturated carbocycles. The van der Waals surface area contributed by atoms with E-state index in [-0.39, 0.29) is 11.8 Å². The Morgan fingerprint density at radius 1 is 1.08 bits per heavy atom. The number of carbonyl (C=O) groups excluding carboxylic acids is 1. The Morgan fingerprint density at radius 2 is 1.88 bits per heavy atom. The van der Waals surface area contributed by atoms with E-state index in [0.717, 1.165) is 11.5 Å². The van der Waals surface area contributed by atoms with E-state index in [2.05, 4.69) is 25.4 Å². The van der Waals surface area contributed by atoms with Gasteiger partial charge in [-0.2, -0.15) is 5.10 Å². The van der Waals surface area contributed by atoms with E-state index in [9.17, 15) is 4.79 Å². The zero-order valence-corrected chi connectivity index (χ0v) is 12.8. The van der Waals surface area contributed by atoms with Crippen LogP contribution < -0.4 is 10.2 Å². The van der Waals surface area contributed by atoms with E-state index in [1.165, 1.54) is 12.7 Å². The molecule has 0 bridgehead atoms. The summed E-state index contributed by atoms with van der Waals surface area (Å²) in [6.45, 7) is 1.26. The molecule has 120 valence electrons. The van der Waals surface area contributed by atoms with Gasteiger partial charge in [-0.3, -0.25) is 4.79 Å². The fraction of sp³-hybridized carbons (Fsp3) is 0.188. The van der Waals surface area contributed by atoms with Gasteiger partial charge in [0.15, 0.2) is 5.82 Å². The second-order valence-corrected chi connectivity index (χ2v) is 5.53. The fourth-order valence-electron chi connectivity index (χ4n) is 2.56. The van der Waals surface area contributed by atoms with E-state index in [0.29, 0.717) is 18.9 Å². The second kappa shape index (κ2) is 6.07. The lowest BCUT2D eigenvalue weighted by atomic mass is 9.99. The number of hydrogen-bond acceptors (Lipinski definition) is 6. The maximum atomic E-state index is 12.2. The number of nitrogens with one attached hydrogen (secondary N) is 1. The molecule has 0 aliphatic carbocycles. The van der Waals surface area contributed by atoms with E-state index >= 15 is 0 Å². The largest absolute Gasteiger partial charge is 0.355 e. The average molecular weight is 321 g/mol. The predicted molar refractivity (Wildman–Crippen MR) is 87.7 cm³/mol. The lowest BCUT2D eigenvalue weighted by Gasteiger charge is -2.39. The highest BCUT2D eigenvalue weighted by Gasteiger charge is 2.33. The molecule has 8 nitrogen and oxygen atoms in total. The first kappa shape index (κ1) is 14.3. The maximum absolute atomic E-state index is 12.2. The van der Waals surface area contributed by atoms with Crippen molar-refractivity contribution in [3.63, 3.8) is 0 Å². The lowest BCUT2D eigenvalue weighted by molar-refractivity contribution is -0.120. The Bertz CT molecular complexity index is 829. The summed E-state index contributed by atoms with van der Waals surface area (Å²) in [5.74, 6) is 1.41. The van der Waals surface area contributed by atoms with Gasteiger partial charge in [-0.15, -0.1) is 0 Å². The van der Waals surface area contributed by atoms with Crippen LogP contribution in [0.25, 0.3) is 5.82 Å². The molecular weight excluding hydrogens is 306 g/mol. The number of carbonyl (C=O) groups is 1. The Morgan fingerprint density at radius 3 is 2.62 bits per heavy atom. The normalized spacial score (nSPS) is 14.2. The molecule has 1 saturated heterocycles. The Balaban J connectivity index is 1.39. The highest BCUT2D eigenvalue weighted by atomic mass is 16.2. The molecular formula is C16H15N7O. The third-order valence-corrected chi connectivity index (χ3v) is 3.91. The summed E-state index contributed by atoms with van der Waals surface area (Å²) in [6.07, 6.45) is 4.53. The number of anilines is 2. The number of hydrogen-bond donors (Lipinski definition) is 1. The van der Waals surface area contributed by atoms with Crippen molar-refractivity contribution in [1.29, 1.82) is 0 Å². The molecule has 1 fully saturated rings. The van der Waals surface area contributed by atoms with Crippen molar-refractivity contribution in [2.75, 3.05) is 23.3 Å². The summed E-state index contributed by atoms with van der Waals surface area (Å²) < 4.78 is 1.57.